The Balaban J connectivity index is 1.91. The number of ether oxygens (including phenoxy) is 1. The van der Waals surface area contributed by atoms with Crippen molar-refractivity contribution in [1.29, 1.82) is 0 Å². The van der Waals surface area contributed by atoms with E-state index in [1.54, 1.807) is 7.11 Å². The molecule has 0 fully saturated rings. The molecule has 0 saturated carbocycles. The fourth-order valence-electron chi connectivity index (χ4n) is 1.61. The minimum atomic E-state index is 0.529. The van der Waals surface area contributed by atoms with Crippen molar-refractivity contribution in [2.24, 2.45) is 0 Å². The van der Waals surface area contributed by atoms with Crippen molar-refractivity contribution in [3.63, 3.8) is 0 Å². The summed E-state index contributed by atoms with van der Waals surface area (Å²) in [5, 5.41) is 11.3. The highest BCUT2D eigenvalue weighted by atomic mass is 79.9. The molecule has 0 aliphatic heterocycles. The van der Waals surface area contributed by atoms with Gasteiger partial charge < -0.3 is 14.5 Å². The molecule has 0 amide bonds. The van der Waals surface area contributed by atoms with E-state index < -0.39 is 0 Å². The monoisotopic (exact) mass is 325 g/mol. The first-order valence-electron chi connectivity index (χ1n) is 6.08. The molecule has 2 rings (SSSR count). The first kappa shape index (κ1) is 14.2. The minimum absolute atomic E-state index is 0.529. The number of aromatic nitrogens is 2. The molecule has 5 nitrogen and oxygen atoms in total. The number of halogens is 1. The lowest BCUT2D eigenvalue weighted by Gasteiger charge is -2.00. The molecule has 1 aromatic heterocycles. The van der Waals surface area contributed by atoms with Crippen LogP contribution in [-0.2, 0) is 11.3 Å². The molecular weight excluding hydrogens is 310 g/mol. The fraction of sp³-hybridized carbons (Fsp3) is 0.385. The van der Waals surface area contributed by atoms with E-state index in [0.29, 0.717) is 18.3 Å². The smallest absolute Gasteiger partial charge is 0.248 e. The molecule has 6 heteroatoms. The third-order valence-corrected chi connectivity index (χ3v) is 3.24. The summed E-state index contributed by atoms with van der Waals surface area (Å²) >= 11 is 3.47. The van der Waals surface area contributed by atoms with Crippen molar-refractivity contribution >= 4 is 15.9 Å². The van der Waals surface area contributed by atoms with E-state index in [1.807, 2.05) is 24.3 Å². The second kappa shape index (κ2) is 7.37. The number of hydrogen-bond acceptors (Lipinski definition) is 5. The lowest BCUT2D eigenvalue weighted by atomic mass is 10.2. The van der Waals surface area contributed by atoms with Gasteiger partial charge in [-0.05, 0) is 41.0 Å². The van der Waals surface area contributed by atoms with Gasteiger partial charge in [0.25, 0.3) is 0 Å². The standard InChI is InChI=1S/C13H16BrN3O2/c1-18-8-4-7-15-9-12-16-17-13(19-12)10-5-2-3-6-11(10)14/h2-3,5-6,15H,4,7-9H2,1H3. The van der Waals surface area contributed by atoms with Crippen molar-refractivity contribution in [2.75, 3.05) is 20.3 Å². The molecule has 1 N–H and O–H groups in total. The summed E-state index contributed by atoms with van der Waals surface area (Å²) < 4.78 is 11.5. The lowest BCUT2D eigenvalue weighted by Crippen LogP contribution is -2.16. The van der Waals surface area contributed by atoms with Crippen molar-refractivity contribution in [1.82, 2.24) is 15.5 Å². The van der Waals surface area contributed by atoms with Crippen LogP contribution in [0.4, 0.5) is 0 Å². The molecule has 0 bridgehead atoms. The highest BCUT2D eigenvalue weighted by Crippen LogP contribution is 2.26. The van der Waals surface area contributed by atoms with Crippen molar-refractivity contribution in [3.8, 4) is 11.5 Å². The maximum Gasteiger partial charge on any atom is 0.248 e. The summed E-state index contributed by atoms with van der Waals surface area (Å²) in [5.41, 5.74) is 0.903. The van der Waals surface area contributed by atoms with Crippen LogP contribution in [0.5, 0.6) is 0 Å². The van der Waals surface area contributed by atoms with Crippen molar-refractivity contribution in [3.05, 3.63) is 34.6 Å². The first-order valence-corrected chi connectivity index (χ1v) is 6.87. The van der Waals surface area contributed by atoms with E-state index in [1.165, 1.54) is 0 Å². The van der Waals surface area contributed by atoms with Crippen LogP contribution in [0.1, 0.15) is 12.3 Å². The molecule has 0 aliphatic rings. The van der Waals surface area contributed by atoms with Gasteiger partial charge in [0.05, 0.1) is 12.1 Å². The zero-order chi connectivity index (χ0) is 13.5. The molecule has 0 atom stereocenters. The SMILES string of the molecule is COCCCNCc1nnc(-c2ccccc2Br)o1. The molecule has 0 saturated heterocycles. The second-order valence-corrected chi connectivity index (χ2v) is 4.86. The number of benzene rings is 1. The highest BCUT2D eigenvalue weighted by Gasteiger charge is 2.10. The predicted molar refractivity (Wildman–Crippen MR) is 75.6 cm³/mol. The van der Waals surface area contributed by atoms with Gasteiger partial charge in [-0.3, -0.25) is 0 Å². The molecular formula is C13H16BrN3O2. The summed E-state index contributed by atoms with van der Waals surface area (Å²) in [4.78, 5) is 0. The molecule has 1 heterocycles. The highest BCUT2D eigenvalue weighted by molar-refractivity contribution is 9.10. The van der Waals surface area contributed by atoms with Gasteiger partial charge in [0.2, 0.25) is 11.8 Å². The van der Waals surface area contributed by atoms with E-state index in [0.717, 1.165) is 29.6 Å². The van der Waals surface area contributed by atoms with Crippen LogP contribution in [0.2, 0.25) is 0 Å². The van der Waals surface area contributed by atoms with E-state index in [4.69, 9.17) is 9.15 Å². The van der Waals surface area contributed by atoms with Crippen LogP contribution < -0.4 is 5.32 Å². The van der Waals surface area contributed by atoms with Gasteiger partial charge >= 0.3 is 0 Å². The zero-order valence-electron chi connectivity index (χ0n) is 10.7. The molecule has 102 valence electrons. The van der Waals surface area contributed by atoms with Crippen LogP contribution in [0.3, 0.4) is 0 Å². The van der Waals surface area contributed by atoms with Gasteiger partial charge in [0.15, 0.2) is 0 Å². The average molecular weight is 326 g/mol. The van der Waals surface area contributed by atoms with Gasteiger partial charge in [-0.15, -0.1) is 10.2 Å². The van der Waals surface area contributed by atoms with Gasteiger partial charge in [-0.1, -0.05) is 12.1 Å². The minimum Gasteiger partial charge on any atom is -0.419 e. The van der Waals surface area contributed by atoms with Gasteiger partial charge in [0, 0.05) is 18.2 Å². The third kappa shape index (κ3) is 4.12. The Morgan fingerprint density at radius 1 is 1.32 bits per heavy atom. The molecule has 0 radical (unpaired) electrons. The molecule has 0 spiro atoms. The quantitative estimate of drug-likeness (QED) is 0.793. The topological polar surface area (TPSA) is 60.2 Å². The molecule has 0 aliphatic carbocycles. The summed E-state index contributed by atoms with van der Waals surface area (Å²) in [6, 6.07) is 7.77. The van der Waals surface area contributed by atoms with Crippen LogP contribution in [-0.4, -0.2) is 30.5 Å². The summed E-state index contributed by atoms with van der Waals surface area (Å²) in [5.74, 6) is 1.12. The van der Waals surface area contributed by atoms with Crippen LogP contribution in [0, 0.1) is 0 Å². The summed E-state index contributed by atoms with van der Waals surface area (Å²) in [7, 11) is 1.70. The third-order valence-electron chi connectivity index (χ3n) is 2.55. The molecule has 1 aromatic carbocycles. The maximum atomic E-state index is 5.61. The zero-order valence-corrected chi connectivity index (χ0v) is 12.3. The number of nitrogens with zero attached hydrogens (tertiary/aromatic N) is 2. The van der Waals surface area contributed by atoms with Crippen LogP contribution in [0.15, 0.2) is 33.2 Å². The van der Waals surface area contributed by atoms with E-state index in [2.05, 4.69) is 31.4 Å². The average Bonchev–Trinajstić information content (AvgIpc) is 2.88. The fourth-order valence-corrected chi connectivity index (χ4v) is 2.06. The van der Waals surface area contributed by atoms with Gasteiger partial charge in [0.1, 0.15) is 0 Å². The Bertz CT molecular complexity index is 516. The lowest BCUT2D eigenvalue weighted by molar-refractivity contribution is 0.194. The van der Waals surface area contributed by atoms with Crippen LogP contribution >= 0.6 is 15.9 Å². The van der Waals surface area contributed by atoms with Crippen LogP contribution in [0.25, 0.3) is 11.5 Å². The summed E-state index contributed by atoms with van der Waals surface area (Å²) in [6.07, 6.45) is 0.960. The Hall–Kier alpha value is -1.24. The number of nitrogens with one attached hydrogen (secondary N) is 1. The largest absolute Gasteiger partial charge is 0.419 e. The van der Waals surface area contributed by atoms with Crippen molar-refractivity contribution in [2.45, 2.75) is 13.0 Å². The second-order valence-electron chi connectivity index (χ2n) is 4.00. The first-order chi connectivity index (χ1) is 9.31. The Labute approximate surface area is 120 Å². The Kier molecular flexibility index (Phi) is 5.50. The van der Waals surface area contributed by atoms with E-state index >= 15 is 0 Å². The summed E-state index contributed by atoms with van der Waals surface area (Å²) in [6.45, 7) is 2.18. The molecule has 19 heavy (non-hydrogen) atoms. The molecule has 2 aromatic rings. The van der Waals surface area contributed by atoms with Crippen molar-refractivity contribution < 1.29 is 9.15 Å². The number of rotatable bonds is 7. The van der Waals surface area contributed by atoms with Gasteiger partial charge in [-0.25, -0.2) is 0 Å². The molecule has 0 unspecified atom stereocenters. The number of hydrogen-bond donors (Lipinski definition) is 1. The normalized spacial score (nSPS) is 10.8. The Morgan fingerprint density at radius 2 is 2.16 bits per heavy atom. The van der Waals surface area contributed by atoms with E-state index in [-0.39, 0.29) is 0 Å². The van der Waals surface area contributed by atoms with Gasteiger partial charge in [-0.2, -0.15) is 0 Å². The van der Waals surface area contributed by atoms with E-state index in [9.17, 15) is 0 Å². The predicted octanol–water partition coefficient (Wildman–Crippen LogP) is 2.63. The maximum absolute atomic E-state index is 5.61. The number of methoxy groups -OCH3 is 1. The Morgan fingerprint density at radius 3 is 2.95 bits per heavy atom.